The van der Waals surface area contributed by atoms with Crippen LogP contribution in [0, 0.1) is 23.0 Å². The van der Waals surface area contributed by atoms with Crippen LogP contribution in [-0.4, -0.2) is 35.6 Å². The van der Waals surface area contributed by atoms with E-state index >= 15 is 0 Å². The van der Waals surface area contributed by atoms with Gasteiger partial charge in [0, 0.05) is 12.6 Å². The molecule has 0 atom stereocenters. The number of piperidine rings is 1. The van der Waals surface area contributed by atoms with Crippen LogP contribution in [0.15, 0.2) is 12.1 Å². The van der Waals surface area contributed by atoms with E-state index in [9.17, 15) is 10.1 Å². The van der Waals surface area contributed by atoms with Crippen molar-refractivity contribution in [3.8, 4) is 5.75 Å². The zero-order valence-corrected chi connectivity index (χ0v) is 15.5. The normalized spacial score (nSPS) is 16.8. The molecule has 134 valence electrons. The first-order valence-corrected chi connectivity index (χ1v) is 8.95. The Labute approximate surface area is 145 Å². The second-order valence-electron chi connectivity index (χ2n) is 7.57. The van der Waals surface area contributed by atoms with Gasteiger partial charge in [-0.25, -0.2) is 0 Å². The summed E-state index contributed by atoms with van der Waals surface area (Å²) < 4.78 is 5.71. The van der Waals surface area contributed by atoms with Gasteiger partial charge in [0.2, 0.25) is 0 Å². The molecule has 24 heavy (non-hydrogen) atoms. The van der Waals surface area contributed by atoms with E-state index in [0.717, 1.165) is 38.0 Å². The Morgan fingerprint density at radius 1 is 1.25 bits per heavy atom. The fourth-order valence-electron chi connectivity index (χ4n) is 3.56. The van der Waals surface area contributed by atoms with E-state index in [1.165, 1.54) is 5.56 Å². The van der Waals surface area contributed by atoms with Crippen molar-refractivity contribution >= 4 is 5.69 Å². The summed E-state index contributed by atoms with van der Waals surface area (Å²) in [7, 11) is 0. The minimum atomic E-state index is -0.347. The Hall–Kier alpha value is -1.62. The first kappa shape index (κ1) is 18.7. The molecule has 1 aromatic rings. The molecule has 0 spiro atoms. The summed E-state index contributed by atoms with van der Waals surface area (Å²) in [4.78, 5) is 13.5. The van der Waals surface area contributed by atoms with E-state index < -0.39 is 0 Å². The molecule has 1 aromatic carbocycles. The summed E-state index contributed by atoms with van der Waals surface area (Å²) in [6, 6.07) is 3.59. The lowest BCUT2D eigenvalue weighted by atomic mass is 9.86. The van der Waals surface area contributed by atoms with Crippen LogP contribution in [0.4, 0.5) is 5.69 Å². The molecule has 5 nitrogen and oxygen atoms in total. The van der Waals surface area contributed by atoms with Gasteiger partial charge in [0.15, 0.2) is 5.75 Å². The molecule has 0 amide bonds. The molecule has 0 aromatic heterocycles. The van der Waals surface area contributed by atoms with Crippen LogP contribution in [0.5, 0.6) is 5.75 Å². The average molecular weight is 334 g/mol. The number of nitro benzene ring substituents is 1. The summed E-state index contributed by atoms with van der Waals surface area (Å²) >= 11 is 0. The van der Waals surface area contributed by atoms with Crippen LogP contribution in [0.25, 0.3) is 0 Å². The third-order valence-corrected chi connectivity index (χ3v) is 4.56. The number of aryl methyl sites for hydroxylation is 1. The molecule has 1 saturated heterocycles. The van der Waals surface area contributed by atoms with E-state index in [4.69, 9.17) is 4.74 Å². The third-order valence-electron chi connectivity index (χ3n) is 4.56. The minimum Gasteiger partial charge on any atom is -0.484 e. The molecular formula is C19H30N2O3. The van der Waals surface area contributed by atoms with Gasteiger partial charge in [0.05, 0.1) is 11.0 Å². The lowest BCUT2D eigenvalue weighted by molar-refractivity contribution is -0.386. The van der Waals surface area contributed by atoms with Gasteiger partial charge in [-0.15, -0.1) is 0 Å². The number of hydrogen-bond acceptors (Lipinski definition) is 4. The first-order chi connectivity index (χ1) is 11.3. The van der Waals surface area contributed by atoms with Crippen molar-refractivity contribution in [3.63, 3.8) is 0 Å². The maximum absolute atomic E-state index is 11.3. The topological polar surface area (TPSA) is 55.6 Å². The van der Waals surface area contributed by atoms with E-state index in [1.807, 2.05) is 26.8 Å². The molecule has 1 heterocycles. The lowest BCUT2D eigenvalue weighted by Gasteiger charge is -2.33. The molecule has 1 fully saturated rings. The van der Waals surface area contributed by atoms with E-state index in [1.54, 1.807) is 6.07 Å². The van der Waals surface area contributed by atoms with Crippen LogP contribution in [-0.2, 0) is 0 Å². The van der Waals surface area contributed by atoms with Gasteiger partial charge in [-0.2, -0.15) is 0 Å². The van der Waals surface area contributed by atoms with Gasteiger partial charge in [0.1, 0.15) is 0 Å². The number of nitrogens with zero attached hydrogens (tertiary/aromatic N) is 2. The Balaban J connectivity index is 2.20. The van der Waals surface area contributed by atoms with Crippen molar-refractivity contribution in [2.24, 2.45) is 5.92 Å². The van der Waals surface area contributed by atoms with Crippen molar-refractivity contribution in [3.05, 3.63) is 33.4 Å². The SMILES string of the molecule is Cc1cc([N+](=O)[O-])c(OC(C)C)cc1C1CCN(CC(C)C)CC1. The van der Waals surface area contributed by atoms with Crippen molar-refractivity contribution in [2.45, 2.75) is 59.5 Å². The highest BCUT2D eigenvalue weighted by molar-refractivity contribution is 5.53. The number of rotatable bonds is 6. The quantitative estimate of drug-likeness (QED) is 0.567. The summed E-state index contributed by atoms with van der Waals surface area (Å²) in [6.45, 7) is 13.6. The molecule has 0 N–H and O–H groups in total. The monoisotopic (exact) mass is 334 g/mol. The number of ether oxygens (including phenoxy) is 1. The predicted octanol–water partition coefficient (Wildman–Crippen LogP) is 4.53. The Kier molecular flexibility index (Phi) is 6.21. The zero-order chi connectivity index (χ0) is 17.9. The summed E-state index contributed by atoms with van der Waals surface area (Å²) in [5, 5.41) is 11.3. The summed E-state index contributed by atoms with van der Waals surface area (Å²) in [5.41, 5.74) is 2.28. The highest BCUT2D eigenvalue weighted by Gasteiger charge is 2.26. The molecular weight excluding hydrogens is 304 g/mol. The maximum atomic E-state index is 11.3. The molecule has 0 saturated carbocycles. The van der Waals surface area contributed by atoms with Crippen molar-refractivity contribution in [1.29, 1.82) is 0 Å². The fourth-order valence-corrected chi connectivity index (χ4v) is 3.56. The van der Waals surface area contributed by atoms with Crippen LogP contribution in [0.2, 0.25) is 0 Å². The van der Waals surface area contributed by atoms with Crippen molar-refractivity contribution in [1.82, 2.24) is 4.90 Å². The molecule has 0 aliphatic carbocycles. The van der Waals surface area contributed by atoms with Gasteiger partial charge < -0.3 is 9.64 Å². The minimum absolute atomic E-state index is 0.0715. The van der Waals surface area contributed by atoms with Crippen LogP contribution in [0.1, 0.15) is 57.6 Å². The highest BCUT2D eigenvalue weighted by atomic mass is 16.6. The highest BCUT2D eigenvalue weighted by Crippen LogP contribution is 2.37. The molecule has 1 aliphatic heterocycles. The predicted molar refractivity (Wildman–Crippen MR) is 96.9 cm³/mol. The van der Waals surface area contributed by atoms with E-state index in [-0.39, 0.29) is 16.7 Å². The Morgan fingerprint density at radius 3 is 2.38 bits per heavy atom. The van der Waals surface area contributed by atoms with E-state index in [0.29, 0.717) is 17.6 Å². The number of hydrogen-bond donors (Lipinski definition) is 0. The number of likely N-dealkylation sites (tertiary alicyclic amines) is 1. The van der Waals surface area contributed by atoms with Gasteiger partial charge in [-0.1, -0.05) is 13.8 Å². The van der Waals surface area contributed by atoms with Crippen LogP contribution >= 0.6 is 0 Å². The number of benzene rings is 1. The maximum Gasteiger partial charge on any atom is 0.311 e. The van der Waals surface area contributed by atoms with Gasteiger partial charge in [-0.3, -0.25) is 10.1 Å². The van der Waals surface area contributed by atoms with Crippen molar-refractivity contribution < 1.29 is 9.66 Å². The number of nitro groups is 1. The molecule has 0 radical (unpaired) electrons. The first-order valence-electron chi connectivity index (χ1n) is 8.95. The van der Waals surface area contributed by atoms with E-state index in [2.05, 4.69) is 18.7 Å². The van der Waals surface area contributed by atoms with Gasteiger partial charge in [-0.05, 0) is 75.7 Å². The zero-order valence-electron chi connectivity index (χ0n) is 15.5. The fraction of sp³-hybridized carbons (Fsp3) is 0.684. The van der Waals surface area contributed by atoms with Crippen molar-refractivity contribution in [2.75, 3.05) is 19.6 Å². The lowest BCUT2D eigenvalue weighted by Crippen LogP contribution is -2.35. The second-order valence-corrected chi connectivity index (χ2v) is 7.57. The summed E-state index contributed by atoms with van der Waals surface area (Å²) in [6.07, 6.45) is 2.13. The second kappa shape index (κ2) is 7.97. The molecule has 1 aliphatic rings. The molecule has 2 rings (SSSR count). The smallest absolute Gasteiger partial charge is 0.311 e. The van der Waals surface area contributed by atoms with Crippen LogP contribution in [0.3, 0.4) is 0 Å². The molecule has 0 bridgehead atoms. The average Bonchev–Trinajstić information content (AvgIpc) is 2.48. The van der Waals surface area contributed by atoms with Crippen LogP contribution < -0.4 is 4.74 Å². The summed E-state index contributed by atoms with van der Waals surface area (Å²) in [5.74, 6) is 1.55. The molecule has 5 heteroatoms. The molecule has 0 unspecified atom stereocenters. The Bertz CT molecular complexity index is 576. The standard InChI is InChI=1S/C19H30N2O3/c1-13(2)12-20-8-6-16(7-9-20)17-11-19(24-14(3)4)18(21(22)23)10-15(17)5/h10-11,13-14,16H,6-9,12H2,1-5H3. The van der Waals surface area contributed by atoms with Gasteiger partial charge >= 0.3 is 5.69 Å². The third kappa shape index (κ3) is 4.69. The van der Waals surface area contributed by atoms with Gasteiger partial charge in [0.25, 0.3) is 0 Å². The Morgan fingerprint density at radius 2 is 1.88 bits per heavy atom. The largest absolute Gasteiger partial charge is 0.484 e.